The zero-order chi connectivity index (χ0) is 14.2. The van der Waals surface area contributed by atoms with E-state index in [0.717, 1.165) is 13.0 Å². The van der Waals surface area contributed by atoms with Crippen LogP contribution in [0, 0.1) is 0 Å². The molecule has 0 aliphatic heterocycles. The Balaban J connectivity index is 3.02. The summed E-state index contributed by atoms with van der Waals surface area (Å²) in [5, 5.41) is 8.84. The molecule has 0 radical (unpaired) electrons. The number of hydrogen-bond donors (Lipinski definition) is 1. The predicted octanol–water partition coefficient (Wildman–Crippen LogP) is 0.470. The van der Waals surface area contributed by atoms with Gasteiger partial charge in [0, 0.05) is 13.7 Å². The van der Waals surface area contributed by atoms with Crippen LogP contribution in [-0.4, -0.2) is 77.8 Å². The fourth-order valence-corrected chi connectivity index (χ4v) is 1.21. The van der Waals surface area contributed by atoms with E-state index in [2.05, 4.69) is 6.92 Å². The first-order valence-electron chi connectivity index (χ1n) is 6.79. The van der Waals surface area contributed by atoms with E-state index in [-0.39, 0.29) is 12.7 Å². The third-order valence-corrected chi connectivity index (χ3v) is 2.31. The molecule has 0 aromatic rings. The number of rotatable bonds is 15. The van der Waals surface area contributed by atoms with Crippen molar-refractivity contribution < 1.29 is 28.8 Å². The van der Waals surface area contributed by atoms with Gasteiger partial charge in [-0.2, -0.15) is 0 Å². The molecule has 19 heavy (non-hydrogen) atoms. The van der Waals surface area contributed by atoms with Crippen LogP contribution >= 0.6 is 0 Å². The fraction of sp³-hybridized carbons (Fsp3) is 1.00. The van der Waals surface area contributed by atoms with Crippen LogP contribution in [0.4, 0.5) is 0 Å². The average Bonchev–Trinajstić information content (AvgIpc) is 2.44. The summed E-state index contributed by atoms with van der Waals surface area (Å²) >= 11 is 0. The van der Waals surface area contributed by atoms with Crippen molar-refractivity contribution in [3.05, 3.63) is 0 Å². The van der Waals surface area contributed by atoms with Gasteiger partial charge in [0.1, 0.15) is 6.10 Å². The summed E-state index contributed by atoms with van der Waals surface area (Å²) in [4.78, 5) is 0. The van der Waals surface area contributed by atoms with E-state index < -0.39 is 0 Å². The zero-order valence-corrected chi connectivity index (χ0v) is 12.1. The molecule has 0 aromatic carbocycles. The number of hydrogen-bond acceptors (Lipinski definition) is 6. The molecule has 6 nitrogen and oxygen atoms in total. The van der Waals surface area contributed by atoms with Crippen molar-refractivity contribution in [1.29, 1.82) is 0 Å². The standard InChI is InChI=1S/C13H28O6/c1-3-4-16-5-6-17-7-8-18-9-10-19-12-13(11-14)15-2/h13-14H,3-12H2,1-2H3. The van der Waals surface area contributed by atoms with Crippen molar-refractivity contribution in [3.8, 4) is 0 Å². The van der Waals surface area contributed by atoms with Gasteiger partial charge in [-0.25, -0.2) is 0 Å². The highest BCUT2D eigenvalue weighted by Crippen LogP contribution is 1.90. The lowest BCUT2D eigenvalue weighted by Crippen LogP contribution is -2.23. The van der Waals surface area contributed by atoms with E-state index in [4.69, 9.17) is 28.8 Å². The Morgan fingerprint density at radius 1 is 0.789 bits per heavy atom. The van der Waals surface area contributed by atoms with Crippen LogP contribution in [0.3, 0.4) is 0 Å². The van der Waals surface area contributed by atoms with Crippen molar-refractivity contribution in [2.45, 2.75) is 19.4 Å². The highest BCUT2D eigenvalue weighted by atomic mass is 16.6. The van der Waals surface area contributed by atoms with Crippen LogP contribution in [0.5, 0.6) is 0 Å². The number of methoxy groups -OCH3 is 1. The van der Waals surface area contributed by atoms with Gasteiger partial charge in [-0.3, -0.25) is 0 Å². The lowest BCUT2D eigenvalue weighted by Gasteiger charge is -2.12. The first-order chi connectivity index (χ1) is 9.35. The second kappa shape index (κ2) is 15.8. The monoisotopic (exact) mass is 280 g/mol. The van der Waals surface area contributed by atoms with E-state index in [1.165, 1.54) is 0 Å². The van der Waals surface area contributed by atoms with Crippen LogP contribution < -0.4 is 0 Å². The van der Waals surface area contributed by atoms with E-state index in [1.54, 1.807) is 7.11 Å². The Hall–Kier alpha value is -0.240. The second-order valence-corrected chi connectivity index (χ2v) is 3.95. The topological polar surface area (TPSA) is 66.4 Å². The molecule has 1 unspecified atom stereocenters. The van der Waals surface area contributed by atoms with Crippen molar-refractivity contribution in [3.63, 3.8) is 0 Å². The van der Waals surface area contributed by atoms with Crippen molar-refractivity contribution in [2.24, 2.45) is 0 Å². The van der Waals surface area contributed by atoms with E-state index in [1.807, 2.05) is 0 Å². The van der Waals surface area contributed by atoms with Crippen molar-refractivity contribution >= 4 is 0 Å². The van der Waals surface area contributed by atoms with Gasteiger partial charge in [0.15, 0.2) is 0 Å². The van der Waals surface area contributed by atoms with Gasteiger partial charge >= 0.3 is 0 Å². The summed E-state index contributed by atoms with van der Waals surface area (Å²) in [6, 6.07) is 0. The fourth-order valence-electron chi connectivity index (χ4n) is 1.21. The highest BCUT2D eigenvalue weighted by Gasteiger charge is 2.04. The van der Waals surface area contributed by atoms with Crippen LogP contribution in [0.25, 0.3) is 0 Å². The normalized spacial score (nSPS) is 12.8. The molecule has 0 aromatic heterocycles. The summed E-state index contributed by atoms with van der Waals surface area (Å²) < 4.78 is 26.1. The maximum absolute atomic E-state index is 8.84. The summed E-state index contributed by atoms with van der Waals surface area (Å²) in [6.07, 6.45) is 0.773. The minimum Gasteiger partial charge on any atom is -0.394 e. The summed E-state index contributed by atoms with van der Waals surface area (Å²) in [5.41, 5.74) is 0. The molecule has 1 N–H and O–H groups in total. The molecule has 1 atom stereocenters. The molecule has 0 amide bonds. The van der Waals surface area contributed by atoms with Crippen LogP contribution in [-0.2, 0) is 23.7 Å². The second-order valence-electron chi connectivity index (χ2n) is 3.95. The van der Waals surface area contributed by atoms with Gasteiger partial charge in [-0.05, 0) is 6.42 Å². The smallest absolute Gasteiger partial charge is 0.103 e. The van der Waals surface area contributed by atoms with E-state index in [0.29, 0.717) is 46.2 Å². The van der Waals surface area contributed by atoms with Gasteiger partial charge in [-0.15, -0.1) is 0 Å². The van der Waals surface area contributed by atoms with Crippen LogP contribution in [0.15, 0.2) is 0 Å². The Bertz CT molecular complexity index is 163. The molecule has 6 heteroatoms. The molecular formula is C13H28O6. The minimum atomic E-state index is -0.258. The number of aliphatic hydroxyl groups is 1. The molecule has 0 heterocycles. The zero-order valence-electron chi connectivity index (χ0n) is 12.1. The third-order valence-electron chi connectivity index (χ3n) is 2.31. The molecular weight excluding hydrogens is 252 g/mol. The SMILES string of the molecule is CCCOCCOCCOCCOCC(CO)OC. The maximum atomic E-state index is 8.84. The van der Waals surface area contributed by atoms with Gasteiger partial charge in [0.05, 0.1) is 52.9 Å². The average molecular weight is 280 g/mol. The van der Waals surface area contributed by atoms with Gasteiger partial charge in [0.2, 0.25) is 0 Å². The molecule has 0 rings (SSSR count). The Kier molecular flexibility index (Phi) is 15.6. The van der Waals surface area contributed by atoms with E-state index >= 15 is 0 Å². The Labute approximate surface area is 115 Å². The molecule has 0 spiro atoms. The molecule has 0 aliphatic carbocycles. The largest absolute Gasteiger partial charge is 0.394 e. The molecule has 0 saturated heterocycles. The minimum absolute atomic E-state index is 0.0364. The lowest BCUT2D eigenvalue weighted by molar-refractivity contribution is -0.0402. The third kappa shape index (κ3) is 14.0. The molecule has 0 bridgehead atoms. The van der Waals surface area contributed by atoms with Crippen LogP contribution in [0.1, 0.15) is 13.3 Å². The predicted molar refractivity (Wildman–Crippen MR) is 71.4 cm³/mol. The quantitative estimate of drug-likeness (QED) is 0.440. The van der Waals surface area contributed by atoms with Crippen molar-refractivity contribution in [2.75, 3.05) is 66.6 Å². The number of ether oxygens (including phenoxy) is 5. The molecule has 116 valence electrons. The van der Waals surface area contributed by atoms with E-state index in [9.17, 15) is 0 Å². The summed E-state index contributed by atoms with van der Waals surface area (Å²) in [6.45, 7) is 6.55. The maximum Gasteiger partial charge on any atom is 0.103 e. The van der Waals surface area contributed by atoms with Gasteiger partial charge < -0.3 is 28.8 Å². The lowest BCUT2D eigenvalue weighted by atomic mass is 10.4. The number of aliphatic hydroxyl groups excluding tert-OH is 1. The first kappa shape index (κ1) is 18.8. The first-order valence-corrected chi connectivity index (χ1v) is 6.79. The molecule has 0 fully saturated rings. The molecule has 0 aliphatic rings. The Morgan fingerprint density at radius 3 is 1.68 bits per heavy atom. The van der Waals surface area contributed by atoms with Crippen molar-refractivity contribution in [1.82, 2.24) is 0 Å². The summed E-state index contributed by atoms with van der Waals surface area (Å²) in [5.74, 6) is 0. The summed E-state index contributed by atoms with van der Waals surface area (Å²) in [7, 11) is 1.54. The van der Waals surface area contributed by atoms with Gasteiger partial charge in [0.25, 0.3) is 0 Å². The Morgan fingerprint density at radius 2 is 1.26 bits per heavy atom. The molecule has 0 saturated carbocycles. The van der Waals surface area contributed by atoms with Gasteiger partial charge in [-0.1, -0.05) is 6.92 Å². The van der Waals surface area contributed by atoms with Crippen LogP contribution in [0.2, 0.25) is 0 Å². The highest BCUT2D eigenvalue weighted by molar-refractivity contribution is 4.51.